The topological polar surface area (TPSA) is 93.4 Å². The van der Waals surface area contributed by atoms with Gasteiger partial charge in [0, 0.05) is 6.54 Å². The van der Waals surface area contributed by atoms with Gasteiger partial charge in [0.2, 0.25) is 0 Å². The van der Waals surface area contributed by atoms with Gasteiger partial charge in [0.25, 0.3) is 0 Å². The van der Waals surface area contributed by atoms with Crippen LogP contribution in [0.4, 0.5) is 0 Å². The van der Waals surface area contributed by atoms with E-state index in [0.29, 0.717) is 6.54 Å². The number of fused-ring (bicyclic) bond motifs is 1. The number of unbranched alkanes of at least 4 members (excludes halogenated alkanes) is 5. The standard InChI is InChI=1S/C14H27NO5/c1-2-3-4-5-6-7-8-15-13(9-16)11(18)12(19)14(15,10-17)20-13/h11-12,16-19H,2-10H2,1H3/t11-,12+,13+,14-. The molecule has 6 nitrogen and oxygen atoms in total. The molecule has 20 heavy (non-hydrogen) atoms. The zero-order valence-electron chi connectivity index (χ0n) is 12.2. The van der Waals surface area contributed by atoms with E-state index in [9.17, 15) is 20.4 Å². The maximum atomic E-state index is 10.0. The van der Waals surface area contributed by atoms with Crippen molar-refractivity contribution in [1.82, 2.24) is 4.90 Å². The Hall–Kier alpha value is -0.240. The van der Waals surface area contributed by atoms with Gasteiger partial charge in [-0.2, -0.15) is 0 Å². The van der Waals surface area contributed by atoms with Crippen LogP contribution >= 0.6 is 0 Å². The van der Waals surface area contributed by atoms with Gasteiger partial charge in [-0.05, 0) is 6.42 Å². The molecule has 3 saturated heterocycles. The van der Waals surface area contributed by atoms with Gasteiger partial charge in [-0.15, -0.1) is 0 Å². The Kier molecular flexibility index (Phi) is 5.05. The maximum absolute atomic E-state index is 10.0. The van der Waals surface area contributed by atoms with E-state index < -0.39 is 23.7 Å². The van der Waals surface area contributed by atoms with Gasteiger partial charge in [-0.3, -0.25) is 0 Å². The van der Waals surface area contributed by atoms with Gasteiger partial charge in [-0.1, -0.05) is 39.0 Å². The van der Waals surface area contributed by atoms with Gasteiger partial charge in [-0.25, -0.2) is 4.90 Å². The first-order valence-corrected chi connectivity index (χ1v) is 7.65. The van der Waals surface area contributed by atoms with E-state index in [1.165, 1.54) is 19.3 Å². The average Bonchev–Trinajstić information content (AvgIpc) is 2.77. The number of rotatable bonds is 9. The Labute approximate surface area is 120 Å². The Balaban J connectivity index is 1.87. The summed E-state index contributed by atoms with van der Waals surface area (Å²) in [6.07, 6.45) is 4.42. The molecule has 3 rings (SSSR count). The van der Waals surface area contributed by atoms with Crippen LogP contribution in [0.25, 0.3) is 0 Å². The SMILES string of the molecule is CCCCCCCCN1[C@@]2(CO)O[C@]1(CO)[C@@H](O)[C@H]2O. The Morgan fingerprint density at radius 1 is 0.900 bits per heavy atom. The quantitative estimate of drug-likeness (QED) is 0.439. The lowest BCUT2D eigenvalue weighted by Gasteiger charge is -2.56. The molecule has 3 aliphatic heterocycles. The Bertz CT molecular complexity index is 307. The van der Waals surface area contributed by atoms with Crippen LogP contribution in [0.5, 0.6) is 0 Å². The molecular weight excluding hydrogens is 262 g/mol. The third-order valence-electron chi connectivity index (χ3n) is 4.68. The molecule has 3 aliphatic rings. The lowest BCUT2D eigenvalue weighted by Crippen LogP contribution is -2.75. The third-order valence-corrected chi connectivity index (χ3v) is 4.68. The highest BCUT2D eigenvalue weighted by atomic mass is 16.7. The molecule has 0 unspecified atom stereocenters. The van der Waals surface area contributed by atoms with Crippen molar-refractivity contribution in [2.24, 2.45) is 0 Å². The highest BCUT2D eigenvalue weighted by Crippen LogP contribution is 2.54. The predicted molar refractivity (Wildman–Crippen MR) is 72.8 cm³/mol. The number of aliphatic hydroxyl groups excluding tert-OH is 4. The fourth-order valence-electron chi connectivity index (χ4n) is 3.48. The highest BCUT2D eigenvalue weighted by Gasteiger charge is 2.78. The van der Waals surface area contributed by atoms with Crippen LogP contribution in [0.1, 0.15) is 45.4 Å². The number of ether oxygens (including phenoxy) is 1. The van der Waals surface area contributed by atoms with Crippen molar-refractivity contribution in [3.05, 3.63) is 0 Å². The summed E-state index contributed by atoms with van der Waals surface area (Å²) < 4.78 is 5.48. The van der Waals surface area contributed by atoms with Crippen LogP contribution in [-0.4, -0.2) is 68.7 Å². The fourth-order valence-corrected chi connectivity index (χ4v) is 3.48. The fraction of sp³-hybridized carbons (Fsp3) is 1.00. The number of hydrogen-bond donors (Lipinski definition) is 4. The smallest absolute Gasteiger partial charge is 0.178 e. The summed E-state index contributed by atoms with van der Waals surface area (Å²) >= 11 is 0. The molecule has 6 heteroatoms. The summed E-state index contributed by atoms with van der Waals surface area (Å²) in [7, 11) is 0. The first kappa shape index (κ1) is 16.1. The van der Waals surface area contributed by atoms with Crippen molar-refractivity contribution in [2.45, 2.75) is 69.1 Å². The minimum Gasteiger partial charge on any atom is -0.392 e. The van der Waals surface area contributed by atoms with Gasteiger partial charge < -0.3 is 25.2 Å². The first-order chi connectivity index (χ1) is 9.59. The molecule has 2 bridgehead atoms. The molecule has 3 heterocycles. The van der Waals surface area contributed by atoms with Gasteiger partial charge in [0.15, 0.2) is 11.4 Å². The summed E-state index contributed by atoms with van der Waals surface area (Å²) in [6, 6.07) is 0. The van der Waals surface area contributed by atoms with E-state index in [2.05, 4.69) is 6.92 Å². The van der Waals surface area contributed by atoms with E-state index in [-0.39, 0.29) is 13.2 Å². The Morgan fingerprint density at radius 3 is 1.90 bits per heavy atom. The normalized spacial score (nSPS) is 40.0. The lowest BCUT2D eigenvalue weighted by molar-refractivity contribution is -0.403. The number of hydrogen-bond acceptors (Lipinski definition) is 6. The van der Waals surface area contributed by atoms with Gasteiger partial charge in [0.1, 0.15) is 12.2 Å². The molecule has 0 aromatic heterocycles. The molecule has 4 atom stereocenters. The molecule has 0 aromatic carbocycles. The molecule has 0 amide bonds. The molecule has 0 aliphatic carbocycles. The van der Waals surface area contributed by atoms with E-state index >= 15 is 0 Å². The third kappa shape index (κ3) is 2.19. The van der Waals surface area contributed by atoms with E-state index in [0.717, 1.165) is 19.3 Å². The molecule has 3 fully saturated rings. The van der Waals surface area contributed by atoms with Crippen molar-refractivity contribution in [3.8, 4) is 0 Å². The first-order valence-electron chi connectivity index (χ1n) is 7.65. The summed E-state index contributed by atoms with van der Waals surface area (Å²) in [5, 5.41) is 39.0. The second-order valence-corrected chi connectivity index (χ2v) is 5.92. The van der Waals surface area contributed by atoms with Gasteiger partial charge >= 0.3 is 0 Å². The number of aliphatic hydroxyl groups is 4. The average molecular weight is 289 g/mol. The number of nitrogens with zero attached hydrogens (tertiary/aromatic N) is 1. The van der Waals surface area contributed by atoms with Crippen LogP contribution in [0.2, 0.25) is 0 Å². The van der Waals surface area contributed by atoms with Crippen LogP contribution in [-0.2, 0) is 4.74 Å². The molecule has 0 radical (unpaired) electrons. The molecule has 0 spiro atoms. The van der Waals surface area contributed by atoms with Crippen molar-refractivity contribution in [2.75, 3.05) is 19.8 Å². The minimum absolute atomic E-state index is 0.386. The van der Waals surface area contributed by atoms with E-state index in [4.69, 9.17) is 4.74 Å². The molecule has 0 saturated carbocycles. The largest absolute Gasteiger partial charge is 0.392 e. The Morgan fingerprint density at radius 2 is 1.40 bits per heavy atom. The van der Waals surface area contributed by atoms with Gasteiger partial charge in [0.05, 0.1) is 13.2 Å². The summed E-state index contributed by atoms with van der Waals surface area (Å²) in [5.41, 5.74) is -2.46. The predicted octanol–water partition coefficient (Wildman–Crippen LogP) is -0.208. The van der Waals surface area contributed by atoms with Crippen molar-refractivity contribution in [1.29, 1.82) is 0 Å². The van der Waals surface area contributed by atoms with E-state index in [1.54, 1.807) is 4.90 Å². The van der Waals surface area contributed by atoms with Crippen molar-refractivity contribution in [3.63, 3.8) is 0 Å². The summed E-state index contributed by atoms with van der Waals surface area (Å²) in [4.78, 5) is 1.73. The monoisotopic (exact) mass is 289 g/mol. The summed E-state index contributed by atoms with van der Waals surface area (Å²) in [6.45, 7) is 2.00. The summed E-state index contributed by atoms with van der Waals surface area (Å²) in [5.74, 6) is 0. The zero-order valence-corrected chi connectivity index (χ0v) is 12.2. The zero-order chi connectivity index (χ0) is 14.8. The van der Waals surface area contributed by atoms with Crippen LogP contribution in [0, 0.1) is 0 Å². The molecule has 4 N–H and O–H groups in total. The van der Waals surface area contributed by atoms with Crippen molar-refractivity contribution < 1.29 is 25.2 Å². The van der Waals surface area contributed by atoms with Crippen molar-refractivity contribution >= 4 is 0 Å². The van der Waals surface area contributed by atoms with E-state index in [1.807, 2.05) is 0 Å². The lowest BCUT2D eigenvalue weighted by atomic mass is 10.1. The highest BCUT2D eigenvalue weighted by molar-refractivity contribution is 5.20. The second-order valence-electron chi connectivity index (χ2n) is 5.92. The molecule has 118 valence electrons. The molecule has 0 aromatic rings. The second kappa shape index (κ2) is 6.25. The molecular formula is C14H27NO5. The minimum atomic E-state index is -1.23. The maximum Gasteiger partial charge on any atom is 0.178 e. The van der Waals surface area contributed by atoms with Crippen LogP contribution in [0.15, 0.2) is 0 Å². The van der Waals surface area contributed by atoms with Crippen LogP contribution in [0.3, 0.4) is 0 Å². The van der Waals surface area contributed by atoms with Crippen LogP contribution < -0.4 is 0 Å².